The molecule has 1 aliphatic rings. The number of rotatable bonds is 5. The summed E-state index contributed by atoms with van der Waals surface area (Å²) in [6, 6.07) is 6.60. The van der Waals surface area contributed by atoms with Crippen molar-refractivity contribution < 1.29 is 4.79 Å². The van der Waals surface area contributed by atoms with Crippen LogP contribution in [0.2, 0.25) is 0 Å². The average molecular weight is 315 g/mol. The Bertz CT molecular complexity index is 861. The van der Waals surface area contributed by atoms with E-state index in [1.807, 2.05) is 6.92 Å². The van der Waals surface area contributed by atoms with Crippen LogP contribution in [0, 0.1) is 0 Å². The van der Waals surface area contributed by atoms with Crippen LogP contribution in [-0.4, -0.2) is 21.1 Å². The minimum absolute atomic E-state index is 0.149. The van der Waals surface area contributed by atoms with Crippen LogP contribution in [0.1, 0.15) is 39.2 Å². The molecular weight excluding hydrogens is 294 g/mol. The third-order valence-electron chi connectivity index (χ3n) is 4.32. The van der Waals surface area contributed by atoms with E-state index in [2.05, 4.69) is 5.32 Å². The summed E-state index contributed by atoms with van der Waals surface area (Å²) in [5.41, 5.74) is -0.208. The molecule has 122 valence electrons. The zero-order chi connectivity index (χ0) is 16.6. The largest absolute Gasteiger partial charge is 0.352 e. The molecule has 0 unspecified atom stereocenters. The highest BCUT2D eigenvalue weighted by Crippen LogP contribution is 2.22. The number of carbonyl (C=O) groups is 1. The lowest BCUT2D eigenvalue weighted by Crippen LogP contribution is -2.45. The zero-order valence-electron chi connectivity index (χ0n) is 13.4. The molecule has 0 saturated heterocycles. The summed E-state index contributed by atoms with van der Waals surface area (Å²) in [6.07, 6.45) is 2.48. The molecule has 1 fully saturated rings. The van der Waals surface area contributed by atoms with E-state index in [1.54, 1.807) is 31.2 Å². The van der Waals surface area contributed by atoms with Gasteiger partial charge < -0.3 is 5.32 Å². The second-order valence-corrected chi connectivity index (χ2v) is 5.93. The molecule has 0 bridgehead atoms. The van der Waals surface area contributed by atoms with Gasteiger partial charge in [-0.3, -0.25) is 18.7 Å². The van der Waals surface area contributed by atoms with Crippen molar-refractivity contribution in [3.8, 4) is 0 Å². The summed E-state index contributed by atoms with van der Waals surface area (Å²) in [5.74, 6) is -0.149. The van der Waals surface area contributed by atoms with Crippen molar-refractivity contribution in [1.82, 2.24) is 14.5 Å². The third-order valence-corrected chi connectivity index (χ3v) is 4.32. The summed E-state index contributed by atoms with van der Waals surface area (Å²) >= 11 is 0. The lowest BCUT2D eigenvalue weighted by atomic mass is 10.1. The van der Waals surface area contributed by atoms with Crippen LogP contribution >= 0.6 is 0 Å². The Labute approximate surface area is 133 Å². The van der Waals surface area contributed by atoms with Crippen LogP contribution in [0.15, 0.2) is 33.9 Å². The summed E-state index contributed by atoms with van der Waals surface area (Å²) in [5, 5.41) is 3.43. The van der Waals surface area contributed by atoms with Crippen LogP contribution in [0.5, 0.6) is 0 Å². The van der Waals surface area contributed by atoms with E-state index in [4.69, 9.17) is 0 Å². The molecule has 6 nitrogen and oxygen atoms in total. The van der Waals surface area contributed by atoms with Crippen molar-refractivity contribution in [3.05, 3.63) is 45.1 Å². The lowest BCUT2D eigenvalue weighted by molar-refractivity contribution is -0.124. The molecule has 1 amide bonds. The van der Waals surface area contributed by atoms with Crippen molar-refractivity contribution >= 4 is 16.8 Å². The molecule has 0 aliphatic heterocycles. The Balaban J connectivity index is 2.23. The van der Waals surface area contributed by atoms with Gasteiger partial charge in [0.2, 0.25) is 5.91 Å². The fourth-order valence-corrected chi connectivity index (χ4v) is 2.92. The maximum atomic E-state index is 12.8. The Morgan fingerprint density at radius 2 is 1.96 bits per heavy atom. The second-order valence-electron chi connectivity index (χ2n) is 5.93. The predicted octanol–water partition coefficient (Wildman–Crippen LogP) is 1.41. The van der Waals surface area contributed by atoms with E-state index in [0.717, 1.165) is 12.8 Å². The minimum Gasteiger partial charge on any atom is -0.352 e. The number of nitrogens with one attached hydrogen (secondary N) is 1. The maximum absolute atomic E-state index is 12.8. The quantitative estimate of drug-likeness (QED) is 0.907. The van der Waals surface area contributed by atoms with Gasteiger partial charge in [0.25, 0.3) is 5.56 Å². The van der Waals surface area contributed by atoms with Crippen LogP contribution in [-0.2, 0) is 11.3 Å². The summed E-state index contributed by atoms with van der Waals surface area (Å²) < 4.78 is 2.66. The van der Waals surface area contributed by atoms with E-state index >= 15 is 0 Å². The first-order valence-electron chi connectivity index (χ1n) is 8.12. The predicted molar refractivity (Wildman–Crippen MR) is 88.6 cm³/mol. The van der Waals surface area contributed by atoms with Gasteiger partial charge in [0, 0.05) is 12.6 Å². The molecule has 1 heterocycles. The second kappa shape index (κ2) is 6.02. The van der Waals surface area contributed by atoms with Gasteiger partial charge >= 0.3 is 5.69 Å². The van der Waals surface area contributed by atoms with Crippen molar-refractivity contribution in [2.75, 3.05) is 0 Å². The Hall–Kier alpha value is -2.37. The number of nitrogens with zero attached hydrogens (tertiary/aromatic N) is 2. The van der Waals surface area contributed by atoms with Crippen molar-refractivity contribution in [3.63, 3.8) is 0 Å². The Kier molecular flexibility index (Phi) is 4.07. The number of amides is 1. The average Bonchev–Trinajstić information content (AvgIpc) is 3.35. The Morgan fingerprint density at radius 3 is 2.57 bits per heavy atom. The molecule has 3 rings (SSSR count). The van der Waals surface area contributed by atoms with Crippen LogP contribution < -0.4 is 16.6 Å². The zero-order valence-corrected chi connectivity index (χ0v) is 13.4. The topological polar surface area (TPSA) is 73.1 Å². The molecule has 2 aromatic rings. The first-order valence-corrected chi connectivity index (χ1v) is 8.12. The number of aromatic nitrogens is 2. The van der Waals surface area contributed by atoms with Crippen LogP contribution in [0.3, 0.4) is 0 Å². The molecular formula is C17H21N3O3. The van der Waals surface area contributed by atoms with Crippen LogP contribution in [0.4, 0.5) is 0 Å². The SMILES string of the molecule is CC[C@@H](C(=O)NC1CC1)n1c(=O)n(CC)c(=O)c2ccccc21. The van der Waals surface area contributed by atoms with Gasteiger partial charge in [0.05, 0.1) is 10.9 Å². The highest BCUT2D eigenvalue weighted by molar-refractivity contribution is 5.84. The van der Waals surface area contributed by atoms with E-state index in [9.17, 15) is 14.4 Å². The minimum atomic E-state index is -0.605. The monoisotopic (exact) mass is 315 g/mol. The molecule has 1 atom stereocenters. The van der Waals surface area contributed by atoms with Gasteiger partial charge in [-0.25, -0.2) is 4.79 Å². The van der Waals surface area contributed by atoms with Gasteiger partial charge in [-0.05, 0) is 38.3 Å². The number of para-hydroxylation sites is 1. The molecule has 1 aliphatic carbocycles. The lowest BCUT2D eigenvalue weighted by Gasteiger charge is -2.21. The van der Waals surface area contributed by atoms with Crippen molar-refractivity contribution in [2.45, 2.75) is 51.7 Å². The maximum Gasteiger partial charge on any atom is 0.332 e. The van der Waals surface area contributed by atoms with Gasteiger partial charge in [-0.1, -0.05) is 19.1 Å². The van der Waals surface area contributed by atoms with Crippen LogP contribution in [0.25, 0.3) is 10.9 Å². The molecule has 1 aromatic carbocycles. The molecule has 1 saturated carbocycles. The number of fused-ring (bicyclic) bond motifs is 1. The van der Waals surface area contributed by atoms with Gasteiger partial charge in [-0.2, -0.15) is 0 Å². The summed E-state index contributed by atoms with van der Waals surface area (Å²) in [6.45, 7) is 3.91. The normalized spacial score (nSPS) is 15.6. The fourth-order valence-electron chi connectivity index (χ4n) is 2.92. The standard InChI is InChI=1S/C17H21N3O3/c1-3-13(15(21)18-11-9-10-11)20-14-8-6-5-7-12(14)16(22)19(4-2)17(20)23/h5-8,11,13H,3-4,9-10H2,1-2H3,(H,18,21)/t13-/m0/s1. The fraction of sp³-hybridized carbons (Fsp3) is 0.471. The Morgan fingerprint density at radius 1 is 1.26 bits per heavy atom. The van der Waals surface area contributed by atoms with Crippen molar-refractivity contribution in [2.24, 2.45) is 0 Å². The summed E-state index contributed by atoms with van der Waals surface area (Å²) in [7, 11) is 0. The number of benzene rings is 1. The summed E-state index contributed by atoms with van der Waals surface area (Å²) in [4.78, 5) is 37.8. The highest BCUT2D eigenvalue weighted by Gasteiger charge is 2.29. The molecule has 6 heteroatoms. The molecule has 1 N–H and O–H groups in total. The number of hydrogen-bond acceptors (Lipinski definition) is 3. The number of hydrogen-bond donors (Lipinski definition) is 1. The third kappa shape index (κ3) is 2.69. The van der Waals surface area contributed by atoms with E-state index in [-0.39, 0.29) is 24.1 Å². The first kappa shape index (κ1) is 15.5. The van der Waals surface area contributed by atoms with Crippen molar-refractivity contribution in [1.29, 1.82) is 0 Å². The van der Waals surface area contributed by atoms with E-state index in [0.29, 0.717) is 17.3 Å². The van der Waals surface area contributed by atoms with Gasteiger partial charge in [0.15, 0.2) is 0 Å². The van der Waals surface area contributed by atoms with Gasteiger partial charge in [0.1, 0.15) is 6.04 Å². The molecule has 0 radical (unpaired) electrons. The van der Waals surface area contributed by atoms with E-state index < -0.39 is 11.7 Å². The molecule has 0 spiro atoms. The first-order chi connectivity index (χ1) is 11.1. The van der Waals surface area contributed by atoms with E-state index in [1.165, 1.54) is 9.13 Å². The smallest absolute Gasteiger partial charge is 0.332 e. The molecule has 1 aromatic heterocycles. The number of carbonyl (C=O) groups excluding carboxylic acids is 1. The van der Waals surface area contributed by atoms with Gasteiger partial charge in [-0.15, -0.1) is 0 Å². The molecule has 23 heavy (non-hydrogen) atoms. The highest BCUT2D eigenvalue weighted by atomic mass is 16.2.